The fourth-order valence-corrected chi connectivity index (χ4v) is 4.07. The van der Waals surface area contributed by atoms with Crippen molar-refractivity contribution in [1.29, 1.82) is 0 Å². The average Bonchev–Trinajstić information content (AvgIpc) is 2.95. The van der Waals surface area contributed by atoms with Crippen LogP contribution in [0.2, 0.25) is 0 Å². The van der Waals surface area contributed by atoms with Gasteiger partial charge in [-0.2, -0.15) is 13.2 Å². The Balaban J connectivity index is 2.15. The Kier molecular flexibility index (Phi) is 11.2. The minimum atomic E-state index is -4.66. The first-order valence-electron chi connectivity index (χ1n) is 13.2. The van der Waals surface area contributed by atoms with Gasteiger partial charge in [-0.3, -0.25) is 19.1 Å². The third kappa shape index (κ3) is 8.85. The minimum Gasteiger partial charge on any atom is -0.483 e. The van der Waals surface area contributed by atoms with Crippen molar-refractivity contribution < 1.29 is 40.7 Å². The quantitative estimate of drug-likeness (QED) is 0.127. The van der Waals surface area contributed by atoms with Gasteiger partial charge in [-0.25, -0.2) is 13.2 Å². The van der Waals surface area contributed by atoms with Gasteiger partial charge in [-0.1, -0.05) is 49.4 Å². The lowest BCUT2D eigenvalue weighted by molar-refractivity contribution is -0.135. The predicted octanol–water partition coefficient (Wildman–Crippen LogP) is 6.22. The molecule has 0 aliphatic carbocycles. The third-order valence-corrected chi connectivity index (χ3v) is 6.38. The molecular weight excluding hydrogens is 592 g/mol. The van der Waals surface area contributed by atoms with Crippen molar-refractivity contribution in [3.63, 3.8) is 0 Å². The van der Waals surface area contributed by atoms with Gasteiger partial charge in [0.15, 0.2) is 17.2 Å². The van der Waals surface area contributed by atoms with Crippen LogP contribution in [0.3, 0.4) is 0 Å². The summed E-state index contributed by atoms with van der Waals surface area (Å²) in [6.45, 7) is 7.58. The minimum absolute atomic E-state index is 0.223. The van der Waals surface area contributed by atoms with Gasteiger partial charge in [-0.15, -0.1) is 13.2 Å². The van der Waals surface area contributed by atoms with E-state index in [0.29, 0.717) is 17.7 Å². The Morgan fingerprint density at radius 2 is 1.68 bits per heavy atom. The molecule has 7 nitrogen and oxygen atoms in total. The monoisotopic (exact) mass is 621 g/mol. The Labute approximate surface area is 248 Å². The topological polar surface area (TPSA) is 89.4 Å². The van der Waals surface area contributed by atoms with Crippen molar-refractivity contribution in [2.45, 2.75) is 45.1 Å². The van der Waals surface area contributed by atoms with E-state index in [9.17, 15) is 40.7 Å². The molecule has 0 aliphatic rings. The van der Waals surface area contributed by atoms with E-state index in [-0.39, 0.29) is 13.0 Å². The van der Waals surface area contributed by atoms with Gasteiger partial charge in [0.1, 0.15) is 29.6 Å². The van der Waals surface area contributed by atoms with Crippen molar-refractivity contribution >= 4 is 11.7 Å². The van der Waals surface area contributed by atoms with Gasteiger partial charge in [0, 0.05) is 36.9 Å². The van der Waals surface area contributed by atoms with E-state index in [1.807, 2.05) is 0 Å². The van der Waals surface area contributed by atoms with E-state index in [4.69, 9.17) is 4.74 Å². The number of carbonyl (C=O) groups excluding carboxylic acids is 2. The van der Waals surface area contributed by atoms with Crippen LogP contribution in [0.1, 0.15) is 51.7 Å². The number of ether oxygens (including phenoxy) is 1. The highest BCUT2D eigenvalue weighted by atomic mass is 19.4. The molecule has 1 amide bonds. The van der Waals surface area contributed by atoms with Crippen molar-refractivity contribution in [3.8, 4) is 5.75 Å². The Bertz CT molecular complexity index is 1560. The van der Waals surface area contributed by atoms with Crippen LogP contribution >= 0.6 is 0 Å². The summed E-state index contributed by atoms with van der Waals surface area (Å²) in [5.74, 6) is -6.78. The zero-order valence-electron chi connectivity index (χ0n) is 23.5. The van der Waals surface area contributed by atoms with Crippen molar-refractivity contribution in [3.05, 3.63) is 124 Å². The molecule has 1 aromatic heterocycles. The number of alkyl halides is 3. The van der Waals surface area contributed by atoms with Crippen LogP contribution in [-0.2, 0) is 13.2 Å². The summed E-state index contributed by atoms with van der Waals surface area (Å²) in [5.41, 5.74) is -0.00822. The number of carbonyl (C=O) groups is 2. The summed E-state index contributed by atoms with van der Waals surface area (Å²) in [4.78, 5) is 40.3. The maximum absolute atomic E-state index is 14.2. The number of allylic oxidation sites excluding steroid dienone is 1. The molecule has 0 saturated heterocycles. The van der Waals surface area contributed by atoms with Crippen molar-refractivity contribution in [1.82, 2.24) is 9.99 Å². The molecule has 2 aromatic carbocycles. The standard InChI is InChI=1S/C31H29F6N3O4/c1-4-18(3)11-26(41)27-29(44-17-19-9-7-6-8-10-19)28(42)23(16-40(27)39-21(5-2)14-31(35,36)37)30(43)38-15-22-24(33)12-20(32)13-25(22)34/h4-10,12-13,16,18,21,39H,1-2,11,14-15,17H2,3H3,(H,38,43)/t18-,21?/m0/s1. The van der Waals surface area contributed by atoms with E-state index in [0.717, 1.165) is 16.9 Å². The zero-order chi connectivity index (χ0) is 32.6. The fraction of sp³-hybridized carbons (Fsp3) is 0.258. The van der Waals surface area contributed by atoms with Crippen LogP contribution < -0.4 is 20.9 Å². The molecule has 0 radical (unpaired) electrons. The summed E-state index contributed by atoms with van der Waals surface area (Å²) < 4.78 is 88.0. The second kappa shape index (κ2) is 14.6. The lowest BCUT2D eigenvalue weighted by Crippen LogP contribution is -2.38. The molecule has 1 heterocycles. The molecule has 0 bridgehead atoms. The number of pyridine rings is 1. The Morgan fingerprint density at radius 3 is 2.25 bits per heavy atom. The molecule has 2 atom stereocenters. The zero-order valence-corrected chi connectivity index (χ0v) is 23.5. The lowest BCUT2D eigenvalue weighted by Gasteiger charge is -2.24. The Hall–Kier alpha value is -4.81. The number of nitrogens with zero attached hydrogens (tertiary/aromatic N) is 1. The summed E-state index contributed by atoms with van der Waals surface area (Å²) in [7, 11) is 0. The number of aromatic nitrogens is 1. The van der Waals surface area contributed by atoms with Crippen LogP contribution in [-0.4, -0.2) is 28.6 Å². The molecule has 0 fully saturated rings. The molecule has 234 valence electrons. The lowest BCUT2D eigenvalue weighted by atomic mass is 10.0. The van der Waals surface area contributed by atoms with Crippen LogP contribution in [0.4, 0.5) is 26.3 Å². The highest BCUT2D eigenvalue weighted by molar-refractivity contribution is 6.00. The molecule has 2 N–H and O–H groups in total. The van der Waals surface area contributed by atoms with Gasteiger partial charge in [0.05, 0.1) is 12.5 Å². The molecule has 1 unspecified atom stereocenters. The normalized spacial score (nSPS) is 12.6. The number of amides is 1. The second-order valence-corrected chi connectivity index (χ2v) is 9.86. The van der Waals surface area contributed by atoms with Gasteiger partial charge in [0.25, 0.3) is 5.91 Å². The van der Waals surface area contributed by atoms with Crippen molar-refractivity contribution in [2.24, 2.45) is 5.92 Å². The number of hydrogen-bond acceptors (Lipinski definition) is 5. The van der Waals surface area contributed by atoms with E-state index in [1.165, 1.54) is 6.08 Å². The largest absolute Gasteiger partial charge is 0.483 e. The third-order valence-electron chi connectivity index (χ3n) is 6.38. The van der Waals surface area contributed by atoms with Gasteiger partial charge in [0.2, 0.25) is 5.43 Å². The average molecular weight is 622 g/mol. The maximum atomic E-state index is 14.2. The van der Waals surface area contributed by atoms with Crippen molar-refractivity contribution in [2.75, 3.05) is 5.43 Å². The van der Waals surface area contributed by atoms with Gasteiger partial charge >= 0.3 is 6.18 Å². The first-order chi connectivity index (χ1) is 20.7. The predicted molar refractivity (Wildman–Crippen MR) is 151 cm³/mol. The second-order valence-electron chi connectivity index (χ2n) is 9.86. The summed E-state index contributed by atoms with van der Waals surface area (Å²) in [5, 5.41) is 2.14. The Morgan fingerprint density at radius 1 is 1.05 bits per heavy atom. The highest BCUT2D eigenvalue weighted by Gasteiger charge is 2.33. The van der Waals surface area contributed by atoms with Crippen LogP contribution in [0.25, 0.3) is 0 Å². The summed E-state index contributed by atoms with van der Waals surface area (Å²) in [6.07, 6.45) is -3.13. The van der Waals surface area contributed by atoms with Crippen LogP contribution in [0.5, 0.6) is 5.75 Å². The van der Waals surface area contributed by atoms with E-state index < -0.39 is 88.2 Å². The number of rotatable bonds is 14. The van der Waals surface area contributed by atoms with E-state index in [2.05, 4.69) is 23.9 Å². The number of hydrogen-bond donors (Lipinski definition) is 2. The first-order valence-corrected chi connectivity index (χ1v) is 13.2. The van der Waals surface area contributed by atoms with E-state index >= 15 is 0 Å². The molecule has 13 heteroatoms. The molecule has 3 aromatic rings. The smallest absolute Gasteiger partial charge is 0.391 e. The molecular formula is C31H29F6N3O4. The molecule has 0 saturated carbocycles. The first kappa shape index (κ1) is 33.7. The van der Waals surface area contributed by atoms with Gasteiger partial charge < -0.3 is 15.5 Å². The number of benzene rings is 2. The molecule has 44 heavy (non-hydrogen) atoms. The maximum Gasteiger partial charge on any atom is 0.391 e. The summed E-state index contributed by atoms with van der Waals surface area (Å²) >= 11 is 0. The summed E-state index contributed by atoms with van der Waals surface area (Å²) in [6, 6.07) is 7.66. The fourth-order valence-electron chi connectivity index (χ4n) is 4.07. The molecule has 0 spiro atoms. The van der Waals surface area contributed by atoms with Gasteiger partial charge in [-0.05, 0) is 11.5 Å². The number of halogens is 6. The number of nitrogens with one attached hydrogen (secondary N) is 2. The molecule has 3 rings (SSSR count). The molecule has 0 aliphatic heterocycles. The number of Topliss-reactive ketones (excluding diaryl/α,β-unsaturated/α-hetero) is 1. The van der Waals surface area contributed by atoms with E-state index in [1.54, 1.807) is 37.3 Å². The SMILES string of the molecule is C=CC(CC(F)(F)F)Nn1cc(C(=O)NCc2c(F)cc(F)cc2F)c(=O)c(OCc2ccccc2)c1C(=O)C[C@@H](C)C=C. The highest BCUT2D eigenvalue weighted by Crippen LogP contribution is 2.25. The van der Waals surface area contributed by atoms with Crippen LogP contribution in [0.15, 0.2) is 78.8 Å². The van der Waals surface area contributed by atoms with Crippen LogP contribution in [0, 0.1) is 23.4 Å². The number of ketones is 1.